The lowest BCUT2D eigenvalue weighted by atomic mass is 10.0. The number of hydrogen-bond donors (Lipinski definition) is 1. The van der Waals surface area contributed by atoms with Crippen LogP contribution in [0.25, 0.3) is 5.57 Å². The number of nitrogens with one attached hydrogen (secondary N) is 1. The van der Waals surface area contributed by atoms with Gasteiger partial charge < -0.3 is 10.2 Å². The van der Waals surface area contributed by atoms with Gasteiger partial charge in [0.1, 0.15) is 5.82 Å². The van der Waals surface area contributed by atoms with E-state index in [0.29, 0.717) is 0 Å². The van der Waals surface area contributed by atoms with E-state index in [1.807, 2.05) is 7.05 Å². The molecule has 0 bridgehead atoms. The van der Waals surface area contributed by atoms with Gasteiger partial charge in [-0.25, -0.2) is 4.39 Å². The normalized spacial score (nSPS) is 15.6. The summed E-state index contributed by atoms with van der Waals surface area (Å²) in [5.74, 6) is -0.200. The van der Waals surface area contributed by atoms with Crippen LogP contribution >= 0.6 is 12.2 Å². The third kappa shape index (κ3) is 4.78. The Balaban J connectivity index is 1.68. The van der Waals surface area contributed by atoms with Crippen LogP contribution in [-0.4, -0.2) is 54.7 Å². The van der Waals surface area contributed by atoms with Crippen LogP contribution in [0.1, 0.15) is 18.4 Å². The predicted molar refractivity (Wildman–Crippen MR) is 94.3 cm³/mol. The molecule has 0 spiro atoms. The summed E-state index contributed by atoms with van der Waals surface area (Å²) in [4.78, 5) is 4.68. The van der Waals surface area contributed by atoms with Gasteiger partial charge in [0.15, 0.2) is 5.11 Å². The maximum atomic E-state index is 12.9. The summed E-state index contributed by atoms with van der Waals surface area (Å²) in [6.07, 6.45) is 2.02. The van der Waals surface area contributed by atoms with Crippen molar-refractivity contribution in [3.8, 4) is 0 Å². The molecule has 1 aromatic rings. The Morgan fingerprint density at radius 2 is 1.86 bits per heavy atom. The zero-order valence-electron chi connectivity index (χ0n) is 13.1. The molecule has 3 nitrogen and oxygen atoms in total. The van der Waals surface area contributed by atoms with E-state index in [0.717, 1.165) is 61.8 Å². The second-order valence-corrected chi connectivity index (χ2v) is 5.98. The van der Waals surface area contributed by atoms with Crippen molar-refractivity contribution in [2.45, 2.75) is 12.8 Å². The average molecular weight is 321 g/mol. The summed E-state index contributed by atoms with van der Waals surface area (Å²) in [5, 5.41) is 3.87. The molecular formula is C17H24FN3S. The highest BCUT2D eigenvalue weighted by Gasteiger charge is 2.17. The molecule has 1 aliphatic heterocycles. The van der Waals surface area contributed by atoms with Crippen LogP contribution < -0.4 is 5.32 Å². The lowest BCUT2D eigenvalue weighted by Crippen LogP contribution is -2.51. The van der Waals surface area contributed by atoms with Gasteiger partial charge in [0, 0.05) is 33.2 Å². The van der Waals surface area contributed by atoms with Crippen LogP contribution in [0.4, 0.5) is 4.39 Å². The molecule has 1 aromatic carbocycles. The van der Waals surface area contributed by atoms with Crippen molar-refractivity contribution in [2.24, 2.45) is 0 Å². The lowest BCUT2D eigenvalue weighted by molar-refractivity contribution is 0.180. The summed E-state index contributed by atoms with van der Waals surface area (Å²) >= 11 is 5.26. The first-order valence-electron chi connectivity index (χ1n) is 7.73. The fraction of sp³-hybridized carbons (Fsp3) is 0.471. The van der Waals surface area contributed by atoms with Crippen molar-refractivity contribution in [3.63, 3.8) is 0 Å². The molecule has 0 amide bonds. The van der Waals surface area contributed by atoms with E-state index in [4.69, 9.17) is 12.2 Å². The molecule has 120 valence electrons. The third-order valence-corrected chi connectivity index (χ3v) is 4.54. The molecule has 0 radical (unpaired) electrons. The molecule has 1 heterocycles. The number of hydrogen-bond acceptors (Lipinski definition) is 2. The molecule has 1 N–H and O–H groups in total. The molecule has 1 saturated heterocycles. The predicted octanol–water partition coefficient (Wildman–Crippen LogP) is 2.74. The molecule has 0 aliphatic carbocycles. The minimum Gasteiger partial charge on any atom is -0.366 e. The smallest absolute Gasteiger partial charge is 0.168 e. The van der Waals surface area contributed by atoms with E-state index in [1.165, 1.54) is 12.1 Å². The standard InChI is InChI=1S/C17H24FN3S/c1-14(15-5-7-16(18)8-6-15)4-3-9-20-10-12-21(13-11-20)17(22)19-2/h5-8H,1,3-4,9-13H2,2H3,(H,19,22). The number of thiocarbonyl (C=S) groups is 1. The molecule has 2 rings (SSSR count). The average Bonchev–Trinajstić information content (AvgIpc) is 2.55. The molecule has 0 atom stereocenters. The van der Waals surface area contributed by atoms with Crippen LogP contribution in [0.15, 0.2) is 30.8 Å². The minimum atomic E-state index is -0.200. The Morgan fingerprint density at radius 1 is 1.23 bits per heavy atom. The molecule has 0 unspecified atom stereocenters. The number of rotatable bonds is 5. The van der Waals surface area contributed by atoms with E-state index in [2.05, 4.69) is 21.7 Å². The number of nitrogens with zero attached hydrogens (tertiary/aromatic N) is 2. The van der Waals surface area contributed by atoms with Gasteiger partial charge in [-0.1, -0.05) is 18.7 Å². The fourth-order valence-electron chi connectivity index (χ4n) is 2.68. The van der Waals surface area contributed by atoms with Gasteiger partial charge in [-0.05, 0) is 54.9 Å². The Morgan fingerprint density at radius 3 is 2.45 bits per heavy atom. The first kappa shape index (κ1) is 16.9. The van der Waals surface area contributed by atoms with Crippen LogP contribution in [-0.2, 0) is 0 Å². The summed E-state index contributed by atoms with van der Waals surface area (Å²) in [7, 11) is 1.87. The molecule has 0 aromatic heterocycles. The first-order valence-corrected chi connectivity index (χ1v) is 8.13. The molecule has 22 heavy (non-hydrogen) atoms. The Bertz CT molecular complexity index is 507. The monoisotopic (exact) mass is 321 g/mol. The SMILES string of the molecule is C=C(CCCN1CCN(C(=S)NC)CC1)c1ccc(F)cc1. The third-order valence-electron chi connectivity index (χ3n) is 4.08. The van der Waals surface area contributed by atoms with Crippen LogP contribution in [0.5, 0.6) is 0 Å². The topological polar surface area (TPSA) is 18.5 Å². The molecule has 1 fully saturated rings. The highest BCUT2D eigenvalue weighted by molar-refractivity contribution is 7.80. The second kappa shape index (κ2) is 8.25. The first-order chi connectivity index (χ1) is 10.6. The highest BCUT2D eigenvalue weighted by atomic mass is 32.1. The number of benzene rings is 1. The number of halogens is 1. The molecule has 5 heteroatoms. The largest absolute Gasteiger partial charge is 0.366 e. The van der Waals surface area contributed by atoms with E-state index < -0.39 is 0 Å². The van der Waals surface area contributed by atoms with E-state index in [9.17, 15) is 4.39 Å². The Labute approximate surface area is 137 Å². The fourth-order valence-corrected chi connectivity index (χ4v) is 2.86. The van der Waals surface area contributed by atoms with Gasteiger partial charge in [-0.15, -0.1) is 0 Å². The van der Waals surface area contributed by atoms with Crippen molar-refractivity contribution in [2.75, 3.05) is 39.8 Å². The van der Waals surface area contributed by atoms with Gasteiger partial charge in [-0.3, -0.25) is 4.90 Å². The Kier molecular flexibility index (Phi) is 6.34. The van der Waals surface area contributed by atoms with E-state index in [-0.39, 0.29) is 5.82 Å². The van der Waals surface area contributed by atoms with E-state index in [1.54, 1.807) is 12.1 Å². The van der Waals surface area contributed by atoms with Crippen molar-refractivity contribution in [1.29, 1.82) is 0 Å². The number of piperazine rings is 1. The maximum Gasteiger partial charge on any atom is 0.168 e. The van der Waals surface area contributed by atoms with Gasteiger partial charge in [0.25, 0.3) is 0 Å². The number of allylic oxidation sites excluding steroid dienone is 1. The second-order valence-electron chi connectivity index (χ2n) is 5.60. The summed E-state index contributed by atoms with van der Waals surface area (Å²) in [6.45, 7) is 9.24. The zero-order valence-corrected chi connectivity index (χ0v) is 14.0. The van der Waals surface area contributed by atoms with Gasteiger partial charge in [0.2, 0.25) is 0 Å². The van der Waals surface area contributed by atoms with Crippen LogP contribution in [0, 0.1) is 5.82 Å². The Hall–Kier alpha value is -1.46. The van der Waals surface area contributed by atoms with Crippen LogP contribution in [0.2, 0.25) is 0 Å². The van der Waals surface area contributed by atoms with Crippen molar-refractivity contribution >= 4 is 22.9 Å². The summed E-state index contributed by atoms with van der Waals surface area (Å²) in [5.41, 5.74) is 2.11. The summed E-state index contributed by atoms with van der Waals surface area (Å²) in [6, 6.07) is 6.58. The van der Waals surface area contributed by atoms with Gasteiger partial charge >= 0.3 is 0 Å². The lowest BCUT2D eigenvalue weighted by Gasteiger charge is -2.35. The molecule has 1 aliphatic rings. The quantitative estimate of drug-likeness (QED) is 0.840. The van der Waals surface area contributed by atoms with Crippen molar-refractivity contribution in [1.82, 2.24) is 15.1 Å². The van der Waals surface area contributed by atoms with Crippen LogP contribution in [0.3, 0.4) is 0 Å². The van der Waals surface area contributed by atoms with Gasteiger partial charge in [-0.2, -0.15) is 0 Å². The van der Waals surface area contributed by atoms with Gasteiger partial charge in [0.05, 0.1) is 0 Å². The maximum absolute atomic E-state index is 12.9. The molecular weight excluding hydrogens is 297 g/mol. The minimum absolute atomic E-state index is 0.200. The van der Waals surface area contributed by atoms with E-state index >= 15 is 0 Å². The zero-order chi connectivity index (χ0) is 15.9. The molecule has 0 saturated carbocycles. The van der Waals surface area contributed by atoms with Crippen molar-refractivity contribution < 1.29 is 4.39 Å². The summed E-state index contributed by atoms with van der Waals surface area (Å²) < 4.78 is 12.9. The highest BCUT2D eigenvalue weighted by Crippen LogP contribution is 2.18. The van der Waals surface area contributed by atoms with Crippen molar-refractivity contribution in [3.05, 3.63) is 42.2 Å².